The highest BCUT2D eigenvalue weighted by Crippen LogP contribution is 2.19. The number of hydrogen-bond donors (Lipinski definition) is 2. The van der Waals surface area contributed by atoms with Crippen LogP contribution in [0.25, 0.3) is 0 Å². The van der Waals surface area contributed by atoms with Gasteiger partial charge < -0.3 is 15.8 Å². The first-order valence-corrected chi connectivity index (χ1v) is 8.86. The number of carbonyl (C=O) groups excluding carboxylic acids is 1. The number of hydrogen-bond acceptors (Lipinski definition) is 4. The van der Waals surface area contributed by atoms with Crippen LogP contribution in [-0.4, -0.2) is 48.7 Å². The van der Waals surface area contributed by atoms with Gasteiger partial charge in [0.2, 0.25) is 5.91 Å². The van der Waals surface area contributed by atoms with Crippen LogP contribution in [0.2, 0.25) is 0 Å². The second kappa shape index (κ2) is 8.60. The zero-order valence-corrected chi connectivity index (χ0v) is 15.2. The molecular formula is C19H31N3O2. The van der Waals surface area contributed by atoms with Crippen molar-refractivity contribution in [1.82, 2.24) is 10.2 Å². The molecular weight excluding hydrogens is 302 g/mol. The summed E-state index contributed by atoms with van der Waals surface area (Å²) in [6, 6.07) is 9.52. The molecule has 1 saturated heterocycles. The second-order valence-electron chi connectivity index (χ2n) is 7.16. The van der Waals surface area contributed by atoms with Crippen molar-refractivity contribution in [3.8, 4) is 0 Å². The third-order valence-electron chi connectivity index (χ3n) is 4.47. The van der Waals surface area contributed by atoms with Gasteiger partial charge in [-0.05, 0) is 25.3 Å². The average molecular weight is 333 g/mol. The SMILES string of the molecule is CC1CN(C(C(=O)NCC(N)c2ccccc2)C(C)C)CC(C)O1. The van der Waals surface area contributed by atoms with Crippen LogP contribution in [0.15, 0.2) is 30.3 Å². The Labute approximate surface area is 145 Å². The quantitative estimate of drug-likeness (QED) is 0.835. The summed E-state index contributed by atoms with van der Waals surface area (Å²) in [7, 11) is 0. The standard InChI is InChI=1S/C19H31N3O2/c1-13(2)18(22-11-14(3)24-15(4)12-22)19(23)21-10-17(20)16-8-6-5-7-9-16/h5-9,13-15,17-18H,10-12,20H2,1-4H3,(H,21,23). The van der Waals surface area contributed by atoms with Gasteiger partial charge in [-0.2, -0.15) is 0 Å². The minimum Gasteiger partial charge on any atom is -0.373 e. The summed E-state index contributed by atoms with van der Waals surface area (Å²) in [6.07, 6.45) is 0.295. The van der Waals surface area contributed by atoms with Gasteiger partial charge in [-0.25, -0.2) is 0 Å². The number of nitrogens with one attached hydrogen (secondary N) is 1. The fourth-order valence-corrected chi connectivity index (χ4v) is 3.47. The Morgan fingerprint density at radius 2 is 1.83 bits per heavy atom. The molecule has 1 aromatic rings. The first-order chi connectivity index (χ1) is 11.4. The summed E-state index contributed by atoms with van der Waals surface area (Å²) in [4.78, 5) is 15.0. The molecule has 24 heavy (non-hydrogen) atoms. The smallest absolute Gasteiger partial charge is 0.237 e. The van der Waals surface area contributed by atoms with Crippen molar-refractivity contribution in [2.75, 3.05) is 19.6 Å². The molecule has 5 heteroatoms. The van der Waals surface area contributed by atoms with Crippen molar-refractivity contribution >= 4 is 5.91 Å². The number of morpholine rings is 1. The minimum absolute atomic E-state index is 0.0534. The van der Waals surface area contributed by atoms with E-state index in [0.29, 0.717) is 6.54 Å². The molecule has 0 radical (unpaired) electrons. The molecule has 2 rings (SSSR count). The van der Waals surface area contributed by atoms with E-state index >= 15 is 0 Å². The lowest BCUT2D eigenvalue weighted by atomic mass is 9.99. The summed E-state index contributed by atoms with van der Waals surface area (Å²) in [5, 5.41) is 3.04. The van der Waals surface area contributed by atoms with Crippen molar-refractivity contribution in [3.63, 3.8) is 0 Å². The van der Waals surface area contributed by atoms with Gasteiger partial charge in [0, 0.05) is 25.7 Å². The van der Waals surface area contributed by atoms with E-state index < -0.39 is 0 Å². The van der Waals surface area contributed by atoms with Gasteiger partial charge in [0.15, 0.2) is 0 Å². The lowest BCUT2D eigenvalue weighted by Gasteiger charge is -2.41. The topological polar surface area (TPSA) is 67.6 Å². The predicted molar refractivity (Wildman–Crippen MR) is 96.6 cm³/mol. The molecule has 0 aromatic heterocycles. The maximum Gasteiger partial charge on any atom is 0.237 e. The highest BCUT2D eigenvalue weighted by molar-refractivity contribution is 5.82. The number of ether oxygens (including phenoxy) is 1. The van der Waals surface area contributed by atoms with E-state index in [-0.39, 0.29) is 36.1 Å². The monoisotopic (exact) mass is 333 g/mol. The Morgan fingerprint density at radius 1 is 1.25 bits per heavy atom. The van der Waals surface area contributed by atoms with Crippen LogP contribution < -0.4 is 11.1 Å². The Kier molecular flexibility index (Phi) is 6.78. The van der Waals surface area contributed by atoms with Crippen molar-refractivity contribution < 1.29 is 9.53 Å². The van der Waals surface area contributed by atoms with Crippen molar-refractivity contribution in [2.45, 2.75) is 52.0 Å². The van der Waals surface area contributed by atoms with Gasteiger partial charge >= 0.3 is 0 Å². The fraction of sp³-hybridized carbons (Fsp3) is 0.632. The molecule has 0 aliphatic carbocycles. The molecule has 4 atom stereocenters. The van der Waals surface area contributed by atoms with Gasteiger partial charge in [0.1, 0.15) is 0 Å². The van der Waals surface area contributed by atoms with Gasteiger partial charge in [0.05, 0.1) is 18.2 Å². The van der Waals surface area contributed by atoms with E-state index in [2.05, 4.69) is 37.9 Å². The van der Waals surface area contributed by atoms with Crippen molar-refractivity contribution in [1.29, 1.82) is 0 Å². The molecule has 0 bridgehead atoms. The summed E-state index contributed by atoms with van der Waals surface area (Å²) in [6.45, 7) is 10.3. The van der Waals surface area contributed by atoms with Gasteiger partial charge in [-0.1, -0.05) is 44.2 Å². The summed E-state index contributed by atoms with van der Waals surface area (Å²) in [5.41, 5.74) is 7.23. The first-order valence-electron chi connectivity index (χ1n) is 8.86. The number of rotatable bonds is 6. The predicted octanol–water partition coefficient (Wildman–Crippen LogP) is 1.94. The van der Waals surface area contributed by atoms with Crippen LogP contribution in [0.3, 0.4) is 0 Å². The van der Waals surface area contributed by atoms with Gasteiger partial charge in [-0.3, -0.25) is 9.69 Å². The van der Waals surface area contributed by atoms with Crippen LogP contribution in [0.5, 0.6) is 0 Å². The minimum atomic E-state index is -0.189. The third-order valence-corrected chi connectivity index (χ3v) is 4.47. The maximum absolute atomic E-state index is 12.8. The highest BCUT2D eigenvalue weighted by atomic mass is 16.5. The lowest BCUT2D eigenvalue weighted by molar-refractivity contribution is -0.135. The molecule has 0 spiro atoms. The first kappa shape index (κ1) is 18.9. The van der Waals surface area contributed by atoms with Gasteiger partial charge in [0.25, 0.3) is 0 Å². The molecule has 5 nitrogen and oxygen atoms in total. The molecule has 1 aromatic carbocycles. The molecule has 1 aliphatic rings. The van der Waals surface area contributed by atoms with Crippen molar-refractivity contribution in [2.24, 2.45) is 11.7 Å². The molecule has 134 valence electrons. The largest absolute Gasteiger partial charge is 0.373 e. The van der Waals surface area contributed by atoms with E-state index in [9.17, 15) is 4.79 Å². The third kappa shape index (κ3) is 5.03. The number of carbonyl (C=O) groups is 1. The van der Waals surface area contributed by atoms with Gasteiger partial charge in [-0.15, -0.1) is 0 Å². The number of benzene rings is 1. The van der Waals surface area contributed by atoms with E-state index in [0.717, 1.165) is 18.7 Å². The molecule has 1 fully saturated rings. The van der Waals surface area contributed by atoms with E-state index in [4.69, 9.17) is 10.5 Å². The Bertz CT molecular complexity index is 511. The zero-order valence-electron chi connectivity index (χ0n) is 15.2. The van der Waals surface area contributed by atoms with E-state index in [1.165, 1.54) is 0 Å². The fourth-order valence-electron chi connectivity index (χ4n) is 3.47. The molecule has 1 heterocycles. The summed E-state index contributed by atoms with van der Waals surface area (Å²) >= 11 is 0. The highest BCUT2D eigenvalue weighted by Gasteiger charge is 2.34. The van der Waals surface area contributed by atoms with Crippen molar-refractivity contribution in [3.05, 3.63) is 35.9 Å². The van der Waals surface area contributed by atoms with Crippen LogP contribution in [0.4, 0.5) is 0 Å². The lowest BCUT2D eigenvalue weighted by Crippen LogP contribution is -2.57. The van der Waals surface area contributed by atoms with Crippen LogP contribution in [-0.2, 0) is 9.53 Å². The van der Waals surface area contributed by atoms with E-state index in [1.807, 2.05) is 30.3 Å². The van der Waals surface area contributed by atoms with E-state index in [1.54, 1.807) is 0 Å². The van der Waals surface area contributed by atoms with Crippen LogP contribution in [0.1, 0.15) is 39.3 Å². The van der Waals surface area contributed by atoms with Crippen LogP contribution >= 0.6 is 0 Å². The second-order valence-corrected chi connectivity index (χ2v) is 7.16. The van der Waals surface area contributed by atoms with Crippen LogP contribution in [0, 0.1) is 5.92 Å². The number of nitrogens with zero attached hydrogens (tertiary/aromatic N) is 1. The normalized spacial score (nSPS) is 24.6. The maximum atomic E-state index is 12.8. The molecule has 1 aliphatic heterocycles. The summed E-state index contributed by atoms with van der Waals surface area (Å²) < 4.78 is 5.79. The Morgan fingerprint density at radius 3 is 2.38 bits per heavy atom. The molecule has 1 amide bonds. The summed E-state index contributed by atoms with van der Waals surface area (Å²) in [5.74, 6) is 0.285. The average Bonchev–Trinajstić information content (AvgIpc) is 2.52. The molecule has 4 unspecified atom stereocenters. The Hall–Kier alpha value is -1.43. The number of nitrogens with two attached hydrogens (primary N) is 1. The molecule has 3 N–H and O–H groups in total. The number of amides is 1. The zero-order chi connectivity index (χ0) is 17.7. The Balaban J connectivity index is 1.96. The molecule has 0 saturated carbocycles.